The van der Waals surface area contributed by atoms with E-state index in [1.165, 1.54) is 16.8 Å². The van der Waals surface area contributed by atoms with Crippen LogP contribution in [-0.4, -0.2) is 81.9 Å². The topological polar surface area (TPSA) is 81.9 Å². The summed E-state index contributed by atoms with van der Waals surface area (Å²) in [5, 5.41) is 14.5. The van der Waals surface area contributed by atoms with Crippen LogP contribution in [0, 0.1) is 13.8 Å². The van der Waals surface area contributed by atoms with E-state index in [2.05, 4.69) is 36.9 Å². The van der Waals surface area contributed by atoms with Gasteiger partial charge in [0, 0.05) is 56.2 Å². The first-order valence-corrected chi connectivity index (χ1v) is 13.1. The van der Waals surface area contributed by atoms with E-state index in [0.717, 1.165) is 50.0 Å². The Morgan fingerprint density at radius 1 is 0.971 bits per heavy atom. The molecule has 8 nitrogen and oxygen atoms in total. The molecule has 2 amide bonds. The highest BCUT2D eigenvalue weighted by Gasteiger charge is 2.31. The first-order chi connectivity index (χ1) is 16.9. The minimum Gasteiger partial charge on any atom is -0.393 e. The number of benzene rings is 1. The van der Waals surface area contributed by atoms with Gasteiger partial charge in [-0.05, 0) is 69.6 Å². The third-order valence-corrected chi connectivity index (χ3v) is 8.05. The second-order valence-electron chi connectivity index (χ2n) is 10.2. The molecule has 1 N–H and O–H groups in total. The number of carbonyl (C=O) groups excluding carboxylic acids is 2. The second-order valence-corrected chi connectivity index (χ2v) is 10.2. The van der Waals surface area contributed by atoms with Crippen LogP contribution in [0.4, 0.5) is 5.69 Å². The van der Waals surface area contributed by atoms with Crippen LogP contribution in [0.3, 0.4) is 0 Å². The summed E-state index contributed by atoms with van der Waals surface area (Å²) in [7, 11) is 0. The van der Waals surface area contributed by atoms with Crippen LogP contribution in [-0.2, 0) is 24.2 Å². The smallest absolute Gasteiger partial charge is 0.274 e. The van der Waals surface area contributed by atoms with Gasteiger partial charge in [0.05, 0.1) is 6.10 Å². The Bertz CT molecular complexity index is 1090. The molecule has 0 atom stereocenters. The fraction of sp³-hybridized carbons (Fsp3) is 0.593. The first kappa shape index (κ1) is 23.9. The Morgan fingerprint density at radius 2 is 1.69 bits per heavy atom. The van der Waals surface area contributed by atoms with Crippen molar-refractivity contribution in [2.24, 2.45) is 0 Å². The molecule has 0 spiro atoms. The average Bonchev–Trinajstić information content (AvgIpc) is 3.24. The lowest BCUT2D eigenvalue weighted by molar-refractivity contribution is -0.132. The standard InChI is InChI=1S/C27H37N5O3/c1-19-6-5-9-23(20(19)2)29-14-16-30(17-15-29)25(34)18-32-24-8-4-3-7-22(24)26(28-32)27(35)31-12-10-21(33)11-13-31/h5-6,9,21,33H,3-4,7-8,10-18H2,1-2H3. The van der Waals surface area contributed by atoms with E-state index in [0.29, 0.717) is 44.7 Å². The summed E-state index contributed by atoms with van der Waals surface area (Å²) in [6.07, 6.45) is 4.72. The molecule has 3 aliphatic rings. The Labute approximate surface area is 207 Å². The van der Waals surface area contributed by atoms with Crippen molar-refractivity contribution in [2.75, 3.05) is 44.2 Å². The highest BCUT2D eigenvalue weighted by atomic mass is 16.3. The number of fused-ring (bicyclic) bond motifs is 1. The van der Waals surface area contributed by atoms with E-state index in [1.54, 1.807) is 4.68 Å². The van der Waals surface area contributed by atoms with Crippen molar-refractivity contribution in [3.05, 3.63) is 46.3 Å². The summed E-state index contributed by atoms with van der Waals surface area (Å²) in [6.45, 7) is 8.63. The van der Waals surface area contributed by atoms with Crippen molar-refractivity contribution in [2.45, 2.75) is 65.0 Å². The van der Waals surface area contributed by atoms with E-state index in [9.17, 15) is 14.7 Å². The second kappa shape index (κ2) is 10.0. The van der Waals surface area contributed by atoms with E-state index in [1.807, 2.05) is 9.80 Å². The zero-order valence-corrected chi connectivity index (χ0v) is 21.0. The van der Waals surface area contributed by atoms with Gasteiger partial charge in [-0.25, -0.2) is 0 Å². The van der Waals surface area contributed by atoms with E-state index < -0.39 is 0 Å². The van der Waals surface area contributed by atoms with Gasteiger partial charge in [-0.2, -0.15) is 5.10 Å². The number of piperidine rings is 1. The van der Waals surface area contributed by atoms with Crippen molar-refractivity contribution in [3.8, 4) is 0 Å². The molecule has 35 heavy (non-hydrogen) atoms. The number of amides is 2. The Morgan fingerprint density at radius 3 is 2.43 bits per heavy atom. The van der Waals surface area contributed by atoms with Crippen LogP contribution in [0.25, 0.3) is 0 Å². The van der Waals surface area contributed by atoms with Gasteiger partial charge in [-0.1, -0.05) is 12.1 Å². The fourth-order valence-corrected chi connectivity index (χ4v) is 5.70. The number of hydrogen-bond donors (Lipinski definition) is 1. The lowest BCUT2D eigenvalue weighted by Gasteiger charge is -2.37. The number of aryl methyl sites for hydroxylation is 1. The lowest BCUT2D eigenvalue weighted by Crippen LogP contribution is -2.50. The maximum absolute atomic E-state index is 13.3. The number of likely N-dealkylation sites (tertiary alicyclic amines) is 1. The van der Waals surface area contributed by atoms with Crippen LogP contribution in [0.15, 0.2) is 18.2 Å². The Hall–Kier alpha value is -2.87. The third kappa shape index (κ3) is 4.81. The number of aromatic nitrogens is 2. The molecule has 2 saturated heterocycles. The number of carbonyl (C=O) groups is 2. The molecule has 0 saturated carbocycles. The minimum atomic E-state index is -0.321. The van der Waals surface area contributed by atoms with Gasteiger partial charge in [-0.15, -0.1) is 0 Å². The van der Waals surface area contributed by atoms with Crippen LogP contribution in [0.1, 0.15) is 58.6 Å². The van der Waals surface area contributed by atoms with Crippen molar-refractivity contribution in [1.82, 2.24) is 19.6 Å². The minimum absolute atomic E-state index is 0.0524. The number of piperazine rings is 1. The van der Waals surface area contributed by atoms with Crippen molar-refractivity contribution >= 4 is 17.5 Å². The van der Waals surface area contributed by atoms with Crippen LogP contribution in [0.2, 0.25) is 0 Å². The molecule has 0 bridgehead atoms. The molecule has 3 heterocycles. The van der Waals surface area contributed by atoms with Gasteiger partial charge in [-0.3, -0.25) is 14.3 Å². The van der Waals surface area contributed by atoms with Crippen LogP contribution < -0.4 is 4.90 Å². The monoisotopic (exact) mass is 479 g/mol. The molecule has 2 aromatic rings. The molecule has 2 fully saturated rings. The van der Waals surface area contributed by atoms with Crippen molar-refractivity contribution in [3.63, 3.8) is 0 Å². The summed E-state index contributed by atoms with van der Waals surface area (Å²) in [6, 6.07) is 6.40. The zero-order chi connectivity index (χ0) is 24.5. The highest BCUT2D eigenvalue weighted by Crippen LogP contribution is 2.27. The largest absolute Gasteiger partial charge is 0.393 e. The third-order valence-electron chi connectivity index (χ3n) is 8.05. The number of hydrogen-bond acceptors (Lipinski definition) is 5. The Kier molecular flexibility index (Phi) is 6.82. The van der Waals surface area contributed by atoms with Crippen molar-refractivity contribution < 1.29 is 14.7 Å². The molecule has 188 valence electrons. The number of rotatable bonds is 4. The summed E-state index contributed by atoms with van der Waals surface area (Å²) < 4.78 is 1.81. The summed E-state index contributed by atoms with van der Waals surface area (Å²) in [5.41, 5.74) is 6.44. The molecular weight excluding hydrogens is 442 g/mol. The molecule has 0 radical (unpaired) electrons. The Balaban J connectivity index is 1.27. The fourth-order valence-electron chi connectivity index (χ4n) is 5.70. The van der Waals surface area contributed by atoms with Gasteiger partial charge >= 0.3 is 0 Å². The zero-order valence-electron chi connectivity index (χ0n) is 21.0. The molecule has 1 aromatic carbocycles. The van der Waals surface area contributed by atoms with Gasteiger partial charge < -0.3 is 19.8 Å². The van der Waals surface area contributed by atoms with Gasteiger partial charge in [0.2, 0.25) is 5.91 Å². The predicted octanol–water partition coefficient (Wildman–Crippen LogP) is 2.32. The average molecular weight is 480 g/mol. The summed E-state index contributed by atoms with van der Waals surface area (Å²) >= 11 is 0. The van der Waals surface area contributed by atoms with Gasteiger partial charge in [0.1, 0.15) is 6.54 Å². The highest BCUT2D eigenvalue weighted by molar-refractivity contribution is 5.94. The molecule has 1 aromatic heterocycles. The number of aliphatic hydroxyl groups excluding tert-OH is 1. The number of nitrogens with zero attached hydrogens (tertiary/aromatic N) is 5. The summed E-state index contributed by atoms with van der Waals surface area (Å²) in [5.74, 6) is 0.0185. The molecule has 5 rings (SSSR count). The molecule has 0 unspecified atom stereocenters. The van der Waals surface area contributed by atoms with Crippen LogP contribution >= 0.6 is 0 Å². The SMILES string of the molecule is Cc1cccc(N2CCN(C(=O)Cn3nc(C(=O)N4CCC(O)CC4)c4c3CCCC4)CC2)c1C. The molecule has 1 aliphatic carbocycles. The lowest BCUT2D eigenvalue weighted by atomic mass is 9.95. The maximum Gasteiger partial charge on any atom is 0.274 e. The van der Waals surface area contributed by atoms with E-state index in [-0.39, 0.29) is 24.5 Å². The number of anilines is 1. The van der Waals surface area contributed by atoms with Crippen LogP contribution in [0.5, 0.6) is 0 Å². The van der Waals surface area contributed by atoms with Gasteiger partial charge in [0.25, 0.3) is 5.91 Å². The quantitative estimate of drug-likeness (QED) is 0.728. The summed E-state index contributed by atoms with van der Waals surface area (Å²) in [4.78, 5) is 32.6. The van der Waals surface area contributed by atoms with Crippen molar-refractivity contribution in [1.29, 1.82) is 0 Å². The molecular formula is C27H37N5O3. The first-order valence-electron chi connectivity index (χ1n) is 13.1. The van der Waals surface area contributed by atoms with E-state index in [4.69, 9.17) is 5.10 Å². The maximum atomic E-state index is 13.3. The molecule has 8 heteroatoms. The van der Waals surface area contributed by atoms with E-state index >= 15 is 0 Å². The van der Waals surface area contributed by atoms with Gasteiger partial charge in [0.15, 0.2) is 5.69 Å². The molecule has 2 aliphatic heterocycles. The number of aliphatic hydroxyl groups is 1. The normalized spacial score (nSPS) is 19.1. The predicted molar refractivity (Wildman–Crippen MR) is 135 cm³/mol.